The number of pyridine rings is 1. The van der Waals surface area contributed by atoms with Crippen LogP contribution in [0.25, 0.3) is 0 Å². The summed E-state index contributed by atoms with van der Waals surface area (Å²) in [5.41, 5.74) is 1.54. The molecule has 1 amide bonds. The third-order valence-electron chi connectivity index (χ3n) is 4.58. The number of nitrogens with one attached hydrogen (secondary N) is 1. The van der Waals surface area contributed by atoms with Gasteiger partial charge in [0.15, 0.2) is 11.5 Å². The quantitative estimate of drug-likeness (QED) is 0.928. The molecule has 1 N–H and O–H groups in total. The summed E-state index contributed by atoms with van der Waals surface area (Å²) in [4.78, 5) is 19.2. The Balaban J connectivity index is 1.35. The van der Waals surface area contributed by atoms with E-state index in [1.165, 1.54) is 19.3 Å². The van der Waals surface area contributed by atoms with Crippen molar-refractivity contribution in [1.29, 1.82) is 0 Å². The van der Waals surface area contributed by atoms with Gasteiger partial charge in [0.2, 0.25) is 6.79 Å². The van der Waals surface area contributed by atoms with Gasteiger partial charge in [0.1, 0.15) is 5.82 Å². The highest BCUT2D eigenvalue weighted by Crippen LogP contribution is 2.32. The summed E-state index contributed by atoms with van der Waals surface area (Å²) < 4.78 is 10.6. The fourth-order valence-corrected chi connectivity index (χ4v) is 3.15. The highest BCUT2D eigenvalue weighted by molar-refractivity contribution is 5.94. The van der Waals surface area contributed by atoms with Crippen LogP contribution in [0.5, 0.6) is 11.5 Å². The summed E-state index contributed by atoms with van der Waals surface area (Å²) in [6, 6.07) is 9.26. The predicted molar refractivity (Wildman–Crippen MR) is 94.0 cm³/mol. The van der Waals surface area contributed by atoms with Crippen LogP contribution in [0.15, 0.2) is 36.5 Å². The minimum atomic E-state index is -0.140. The van der Waals surface area contributed by atoms with Crippen molar-refractivity contribution in [3.05, 3.63) is 47.7 Å². The maximum atomic E-state index is 12.3. The lowest BCUT2D eigenvalue weighted by atomic mass is 10.1. The van der Waals surface area contributed by atoms with Crippen LogP contribution in [-0.4, -0.2) is 30.8 Å². The van der Waals surface area contributed by atoms with Crippen molar-refractivity contribution in [1.82, 2.24) is 10.3 Å². The van der Waals surface area contributed by atoms with Crippen molar-refractivity contribution < 1.29 is 14.3 Å². The third kappa shape index (κ3) is 3.52. The average molecular weight is 339 g/mol. The Morgan fingerprint density at radius 1 is 1.08 bits per heavy atom. The zero-order valence-corrected chi connectivity index (χ0v) is 14.0. The number of ether oxygens (including phenoxy) is 2. The van der Waals surface area contributed by atoms with Crippen LogP contribution < -0.4 is 19.7 Å². The topological polar surface area (TPSA) is 63.7 Å². The van der Waals surface area contributed by atoms with E-state index < -0.39 is 0 Å². The zero-order chi connectivity index (χ0) is 17.1. The number of rotatable bonds is 4. The predicted octanol–water partition coefficient (Wildman–Crippen LogP) is 2.73. The number of carbonyl (C=O) groups excluding carboxylic acids is 1. The molecule has 6 heteroatoms. The molecule has 2 aliphatic rings. The molecular formula is C19H21N3O3. The molecule has 1 aromatic heterocycles. The first kappa shape index (κ1) is 15.7. The Hall–Kier alpha value is -2.76. The Kier molecular flexibility index (Phi) is 4.41. The third-order valence-corrected chi connectivity index (χ3v) is 4.58. The summed E-state index contributed by atoms with van der Waals surface area (Å²) in [5, 5.41) is 2.92. The Morgan fingerprint density at radius 2 is 1.92 bits per heavy atom. The van der Waals surface area contributed by atoms with Gasteiger partial charge < -0.3 is 19.7 Å². The molecule has 4 rings (SSSR count). The number of amides is 1. The van der Waals surface area contributed by atoms with Crippen molar-refractivity contribution in [3.63, 3.8) is 0 Å². The van der Waals surface area contributed by atoms with Crippen molar-refractivity contribution in [3.8, 4) is 11.5 Å². The van der Waals surface area contributed by atoms with Crippen LogP contribution in [0.2, 0.25) is 0 Å². The highest BCUT2D eigenvalue weighted by atomic mass is 16.7. The van der Waals surface area contributed by atoms with Gasteiger partial charge in [0.05, 0.1) is 0 Å². The van der Waals surface area contributed by atoms with Gasteiger partial charge in [-0.25, -0.2) is 4.98 Å². The lowest BCUT2D eigenvalue weighted by Gasteiger charge is -2.27. The van der Waals surface area contributed by atoms with Crippen LogP contribution in [0.4, 0.5) is 5.82 Å². The molecule has 1 aromatic carbocycles. The fourth-order valence-electron chi connectivity index (χ4n) is 3.15. The van der Waals surface area contributed by atoms with E-state index in [1.54, 1.807) is 18.2 Å². The second-order valence-corrected chi connectivity index (χ2v) is 6.32. The molecule has 6 nitrogen and oxygen atoms in total. The number of hydrogen-bond acceptors (Lipinski definition) is 5. The number of anilines is 1. The van der Waals surface area contributed by atoms with Crippen LogP contribution in [0.3, 0.4) is 0 Å². The van der Waals surface area contributed by atoms with Gasteiger partial charge in [-0.2, -0.15) is 0 Å². The molecule has 130 valence electrons. The Bertz CT molecular complexity index is 755. The van der Waals surface area contributed by atoms with Crippen LogP contribution >= 0.6 is 0 Å². The van der Waals surface area contributed by atoms with Crippen LogP contribution in [0.1, 0.15) is 35.2 Å². The van der Waals surface area contributed by atoms with Crippen molar-refractivity contribution >= 4 is 11.7 Å². The first-order valence-corrected chi connectivity index (χ1v) is 8.67. The van der Waals surface area contributed by atoms with Gasteiger partial charge in [-0.3, -0.25) is 4.79 Å². The first-order chi connectivity index (χ1) is 12.3. The second-order valence-electron chi connectivity index (χ2n) is 6.32. The number of piperidine rings is 1. The molecule has 25 heavy (non-hydrogen) atoms. The molecule has 0 radical (unpaired) electrons. The molecular weight excluding hydrogens is 318 g/mol. The van der Waals surface area contributed by atoms with E-state index in [4.69, 9.17) is 9.47 Å². The van der Waals surface area contributed by atoms with Crippen molar-refractivity contribution in [2.75, 3.05) is 24.8 Å². The molecule has 3 heterocycles. The van der Waals surface area contributed by atoms with Gasteiger partial charge in [-0.15, -0.1) is 0 Å². The molecule has 0 unspecified atom stereocenters. The van der Waals surface area contributed by atoms with Gasteiger partial charge in [0, 0.05) is 31.4 Å². The molecule has 0 bridgehead atoms. The first-order valence-electron chi connectivity index (χ1n) is 8.67. The number of fused-ring (bicyclic) bond motifs is 1. The van der Waals surface area contributed by atoms with E-state index in [0.717, 1.165) is 24.5 Å². The van der Waals surface area contributed by atoms with E-state index in [2.05, 4.69) is 15.2 Å². The molecule has 1 fully saturated rings. The van der Waals surface area contributed by atoms with Gasteiger partial charge in [0.25, 0.3) is 5.91 Å². The Labute approximate surface area is 146 Å². The molecule has 0 spiro atoms. The standard InChI is InChI=1S/C19H21N3O3/c23-19(15-5-6-16-17(10-15)25-13-24-16)21-12-14-4-7-18(20-11-14)22-8-2-1-3-9-22/h4-7,10-11H,1-3,8-9,12-13H2,(H,21,23). The summed E-state index contributed by atoms with van der Waals surface area (Å²) in [5.74, 6) is 2.17. The van der Waals surface area contributed by atoms with Crippen molar-refractivity contribution in [2.45, 2.75) is 25.8 Å². The summed E-state index contributed by atoms with van der Waals surface area (Å²) in [7, 11) is 0. The van der Waals surface area contributed by atoms with Gasteiger partial charge >= 0.3 is 0 Å². The minimum absolute atomic E-state index is 0.140. The molecule has 1 saturated heterocycles. The average Bonchev–Trinajstić information content (AvgIpc) is 3.15. The smallest absolute Gasteiger partial charge is 0.251 e. The van der Waals surface area contributed by atoms with Crippen LogP contribution in [0, 0.1) is 0 Å². The maximum Gasteiger partial charge on any atom is 0.251 e. The summed E-state index contributed by atoms with van der Waals surface area (Å²) >= 11 is 0. The number of nitrogens with zero attached hydrogens (tertiary/aromatic N) is 2. The Morgan fingerprint density at radius 3 is 2.72 bits per heavy atom. The largest absolute Gasteiger partial charge is 0.454 e. The molecule has 0 atom stereocenters. The molecule has 2 aromatic rings. The normalized spacial score (nSPS) is 15.9. The number of hydrogen-bond donors (Lipinski definition) is 1. The zero-order valence-electron chi connectivity index (χ0n) is 14.0. The maximum absolute atomic E-state index is 12.3. The van der Waals surface area contributed by atoms with Gasteiger partial charge in [-0.05, 0) is 49.1 Å². The summed E-state index contributed by atoms with van der Waals surface area (Å²) in [6.45, 7) is 2.80. The molecule has 0 saturated carbocycles. The lowest BCUT2D eigenvalue weighted by Crippen LogP contribution is -2.30. The lowest BCUT2D eigenvalue weighted by molar-refractivity contribution is 0.0950. The number of carbonyl (C=O) groups is 1. The molecule has 2 aliphatic heterocycles. The van der Waals surface area contributed by atoms with E-state index in [9.17, 15) is 4.79 Å². The minimum Gasteiger partial charge on any atom is -0.454 e. The number of benzene rings is 1. The highest BCUT2D eigenvalue weighted by Gasteiger charge is 2.16. The van der Waals surface area contributed by atoms with Crippen LogP contribution in [-0.2, 0) is 6.54 Å². The monoisotopic (exact) mass is 339 g/mol. The SMILES string of the molecule is O=C(NCc1ccc(N2CCCCC2)nc1)c1ccc2c(c1)OCO2. The van der Waals surface area contributed by atoms with Gasteiger partial charge in [-0.1, -0.05) is 6.07 Å². The van der Waals surface area contributed by atoms with E-state index in [1.807, 2.05) is 18.3 Å². The molecule has 0 aliphatic carbocycles. The number of aromatic nitrogens is 1. The summed E-state index contributed by atoms with van der Waals surface area (Å²) in [6.07, 6.45) is 5.61. The fraction of sp³-hybridized carbons (Fsp3) is 0.368. The van der Waals surface area contributed by atoms with E-state index >= 15 is 0 Å². The second kappa shape index (κ2) is 7.01. The van der Waals surface area contributed by atoms with E-state index in [-0.39, 0.29) is 12.7 Å². The van der Waals surface area contributed by atoms with Crippen molar-refractivity contribution in [2.24, 2.45) is 0 Å². The van der Waals surface area contributed by atoms with E-state index in [0.29, 0.717) is 23.6 Å².